The largest absolute Gasteiger partial charge is 3.00 e. The molecule has 0 aromatic rings. The molecule has 0 saturated heterocycles. The summed E-state index contributed by atoms with van der Waals surface area (Å²) in [6, 6.07) is 0. The standard InChI is InChI=1S/2Dy.3H2O4S.H2O/c;;3*1-5(2,3)4;/h;;3*(H2,1,2,3,4);1H2/q2*+3;;;;/p-6. The predicted octanol–water partition coefficient (Wildman–Crippen LogP) is -4.84. The van der Waals surface area contributed by atoms with Crippen molar-refractivity contribution in [3.05, 3.63) is 0 Å². The minimum atomic E-state index is -5.17. The maximum atomic E-state index is 8.52. The molecule has 2 radical (unpaired) electrons. The van der Waals surface area contributed by atoms with Crippen LogP contribution < -0.4 is 0 Å². The van der Waals surface area contributed by atoms with E-state index >= 15 is 0 Å². The second-order valence-corrected chi connectivity index (χ2v) is 3.67. The first-order chi connectivity index (χ1) is 6.00. The molecule has 2 N–H and O–H groups in total. The Hall–Kier alpha value is 2.12. The Morgan fingerprint density at radius 3 is 0.444 bits per heavy atom. The zero-order valence-corrected chi connectivity index (χ0v) is 13.8. The Labute approximate surface area is 163 Å². The van der Waals surface area contributed by atoms with E-state index in [-0.39, 0.29) is 81.8 Å². The molecule has 0 aliphatic carbocycles. The van der Waals surface area contributed by atoms with E-state index in [0.717, 1.165) is 0 Å². The van der Waals surface area contributed by atoms with Crippen molar-refractivity contribution in [3.8, 4) is 0 Å². The van der Waals surface area contributed by atoms with E-state index in [1.54, 1.807) is 0 Å². The molecule has 18 heteroatoms. The molecule has 0 aliphatic rings. The SMILES string of the molecule is O.O=S(=O)([O-])[O-].O=S(=O)([O-])[O-].O=S(=O)([O-])[O-].[Dy+3].[Dy+3]. The van der Waals surface area contributed by atoms with Gasteiger partial charge in [0.05, 0.1) is 0 Å². The van der Waals surface area contributed by atoms with E-state index in [1.807, 2.05) is 0 Å². The normalized spacial score (nSPS) is 9.67. The van der Waals surface area contributed by atoms with Gasteiger partial charge in [-0.2, -0.15) is 0 Å². The summed E-state index contributed by atoms with van der Waals surface area (Å²) in [6.07, 6.45) is 0. The van der Waals surface area contributed by atoms with Crippen LogP contribution in [0.5, 0.6) is 0 Å². The van der Waals surface area contributed by atoms with Crippen LogP contribution in [0.3, 0.4) is 0 Å². The number of hydrogen-bond donors (Lipinski definition) is 0. The summed E-state index contributed by atoms with van der Waals surface area (Å²) in [5, 5.41) is 0. The van der Waals surface area contributed by atoms with Gasteiger partial charge in [-0.05, 0) is 0 Å². The second kappa shape index (κ2) is 15.5. The van der Waals surface area contributed by atoms with E-state index in [0.29, 0.717) is 0 Å². The molecule has 0 aromatic heterocycles. The fourth-order valence-electron chi connectivity index (χ4n) is 0. The first-order valence-electron chi connectivity index (χ1n) is 2.00. The molecule has 0 atom stereocenters. The molecule has 0 bridgehead atoms. The third kappa shape index (κ3) is 1190. The Morgan fingerprint density at radius 1 is 0.444 bits per heavy atom. The van der Waals surface area contributed by atoms with E-state index in [1.165, 1.54) is 0 Å². The van der Waals surface area contributed by atoms with Crippen molar-refractivity contribution in [2.24, 2.45) is 0 Å². The molecule has 118 valence electrons. The van der Waals surface area contributed by atoms with Gasteiger partial charge in [-0.15, -0.1) is 0 Å². The Morgan fingerprint density at radius 2 is 0.444 bits per heavy atom. The zero-order valence-electron chi connectivity index (χ0n) is 7.26. The molecule has 0 aliphatic heterocycles. The van der Waals surface area contributed by atoms with Gasteiger partial charge in [0.2, 0.25) is 0 Å². The van der Waals surface area contributed by atoms with Crippen LogP contribution >= 0.6 is 0 Å². The third-order valence-corrected chi connectivity index (χ3v) is 0. The molecular weight excluding hydrogens is 629 g/mol. The van der Waals surface area contributed by atoms with Gasteiger partial charge in [-0.1, -0.05) is 0 Å². The second-order valence-electron chi connectivity index (χ2n) is 1.22. The summed E-state index contributed by atoms with van der Waals surface area (Å²) in [5.74, 6) is 0. The zero-order chi connectivity index (χ0) is 13.5. The van der Waals surface area contributed by atoms with Gasteiger partial charge in [-0.25, -0.2) is 0 Å². The monoisotopic (exact) mass is 634 g/mol. The summed E-state index contributed by atoms with van der Waals surface area (Å²) < 4.78 is 102. The van der Waals surface area contributed by atoms with Gasteiger partial charge >= 0.3 is 76.3 Å². The van der Waals surface area contributed by atoms with Gasteiger partial charge in [0.1, 0.15) is 0 Å². The van der Waals surface area contributed by atoms with Crippen LogP contribution in [0, 0.1) is 76.3 Å². The van der Waals surface area contributed by atoms with Gasteiger partial charge in [0, 0.05) is 31.2 Å². The molecule has 0 heterocycles. The quantitative estimate of drug-likeness (QED) is 0.180. The first-order valence-corrected chi connectivity index (χ1v) is 6.00. The van der Waals surface area contributed by atoms with Crippen LogP contribution in [0.2, 0.25) is 0 Å². The minimum absolute atomic E-state index is 0. The van der Waals surface area contributed by atoms with Crippen LogP contribution in [0.25, 0.3) is 0 Å². The Kier molecular flexibility index (Phi) is 31.8. The molecule has 0 aromatic carbocycles. The molecular formula is H2Dy2O13S3. The summed E-state index contributed by atoms with van der Waals surface area (Å²) in [7, 11) is -15.5. The van der Waals surface area contributed by atoms with Crippen LogP contribution in [0.4, 0.5) is 0 Å². The van der Waals surface area contributed by atoms with Crippen molar-refractivity contribution in [2.75, 3.05) is 0 Å². The molecule has 0 spiro atoms. The number of hydrogen-bond acceptors (Lipinski definition) is 12. The van der Waals surface area contributed by atoms with Crippen molar-refractivity contribution in [2.45, 2.75) is 0 Å². The molecule has 0 amide bonds. The van der Waals surface area contributed by atoms with Crippen molar-refractivity contribution < 1.29 is 134 Å². The van der Waals surface area contributed by atoms with Crippen LogP contribution in [-0.2, 0) is 31.2 Å². The Bertz CT molecular complexity index is 341. The summed E-state index contributed by atoms with van der Waals surface area (Å²) in [5.41, 5.74) is 0. The van der Waals surface area contributed by atoms with Crippen LogP contribution in [0.15, 0.2) is 0 Å². The van der Waals surface area contributed by atoms with Crippen LogP contribution in [-0.4, -0.2) is 58.0 Å². The molecule has 0 unspecified atom stereocenters. The summed E-state index contributed by atoms with van der Waals surface area (Å²) in [4.78, 5) is 0. The Balaban J connectivity index is -0.0000000277. The van der Waals surface area contributed by atoms with Gasteiger partial charge in [0.15, 0.2) is 0 Å². The third-order valence-electron chi connectivity index (χ3n) is 0. The molecule has 18 heavy (non-hydrogen) atoms. The van der Waals surface area contributed by atoms with Gasteiger partial charge in [0.25, 0.3) is 0 Å². The van der Waals surface area contributed by atoms with Crippen LogP contribution in [0.1, 0.15) is 0 Å². The van der Waals surface area contributed by atoms with E-state index in [9.17, 15) is 0 Å². The maximum Gasteiger partial charge on any atom is 3.00 e. The predicted molar refractivity (Wildman–Crippen MR) is 35.0 cm³/mol. The molecule has 0 saturated carbocycles. The fourth-order valence-corrected chi connectivity index (χ4v) is 0. The average molecular weight is 631 g/mol. The van der Waals surface area contributed by atoms with E-state index < -0.39 is 31.2 Å². The molecule has 0 rings (SSSR count). The maximum absolute atomic E-state index is 8.52. The van der Waals surface area contributed by atoms with Crippen molar-refractivity contribution in [3.63, 3.8) is 0 Å². The van der Waals surface area contributed by atoms with Crippen molar-refractivity contribution in [1.29, 1.82) is 0 Å². The van der Waals surface area contributed by atoms with E-state index in [2.05, 4.69) is 0 Å². The molecule has 0 fully saturated rings. The smallest absolute Gasteiger partial charge is 0.759 e. The summed E-state index contributed by atoms with van der Waals surface area (Å²) >= 11 is 0. The van der Waals surface area contributed by atoms with Gasteiger partial charge < -0.3 is 32.8 Å². The topological polar surface area (TPSA) is 272 Å². The van der Waals surface area contributed by atoms with Crippen molar-refractivity contribution >= 4 is 31.2 Å². The van der Waals surface area contributed by atoms with Crippen molar-refractivity contribution in [1.82, 2.24) is 0 Å². The first kappa shape index (κ1) is 36.9. The fraction of sp³-hybridized carbons (Fsp3) is 0. The number of rotatable bonds is 0. The van der Waals surface area contributed by atoms with E-state index in [4.69, 9.17) is 52.6 Å². The van der Waals surface area contributed by atoms with Gasteiger partial charge in [-0.3, -0.25) is 25.3 Å². The minimum Gasteiger partial charge on any atom is -0.759 e. The summed E-state index contributed by atoms with van der Waals surface area (Å²) in [6.45, 7) is 0. The average Bonchev–Trinajstić information content (AvgIpc) is 1.41. The molecule has 13 nitrogen and oxygen atoms in total.